The lowest BCUT2D eigenvalue weighted by atomic mass is 10.4. The van der Waals surface area contributed by atoms with Crippen LogP contribution in [-0.4, -0.2) is 4.57 Å². The Bertz CT molecular complexity index is 362. The topological polar surface area (TPSA) is 17.0 Å². The van der Waals surface area contributed by atoms with Gasteiger partial charge in [0, 0.05) is 30.0 Å². The van der Waals surface area contributed by atoms with E-state index in [1.54, 1.807) is 11.3 Å². The van der Waals surface area contributed by atoms with Crippen LogP contribution in [0.3, 0.4) is 0 Å². The number of aromatic nitrogens is 1. The van der Waals surface area contributed by atoms with Gasteiger partial charge in [-0.15, -0.1) is 0 Å². The third kappa shape index (κ3) is 1.92. The second-order valence-electron chi connectivity index (χ2n) is 2.98. The number of nitrogens with one attached hydrogen (secondary N) is 1. The molecule has 0 bridgehead atoms. The van der Waals surface area contributed by atoms with Crippen LogP contribution in [0.1, 0.15) is 5.69 Å². The molecule has 0 saturated carbocycles. The van der Waals surface area contributed by atoms with Gasteiger partial charge in [0.15, 0.2) is 0 Å². The molecule has 0 amide bonds. The highest BCUT2D eigenvalue weighted by atomic mass is 32.1. The predicted octanol–water partition coefficient (Wildman–Crippen LogP) is 2.70. The van der Waals surface area contributed by atoms with Crippen molar-refractivity contribution in [3.8, 4) is 0 Å². The number of rotatable bonds is 3. The van der Waals surface area contributed by atoms with Crippen molar-refractivity contribution < 1.29 is 0 Å². The molecule has 2 aromatic heterocycles. The Balaban J connectivity index is 1.97. The lowest BCUT2D eigenvalue weighted by Gasteiger charge is -2.04. The maximum Gasteiger partial charge on any atom is 0.0553 e. The van der Waals surface area contributed by atoms with E-state index >= 15 is 0 Å². The molecule has 2 rings (SSSR count). The summed E-state index contributed by atoms with van der Waals surface area (Å²) >= 11 is 1.71. The standard InChI is InChI=1S/C10H12N2S/c1-12-5-2-3-10(12)7-11-9-4-6-13-8-9/h2-6,8,11H,7H2,1H3. The van der Waals surface area contributed by atoms with Gasteiger partial charge in [0.25, 0.3) is 0 Å². The van der Waals surface area contributed by atoms with Crippen LogP contribution in [0.15, 0.2) is 35.2 Å². The van der Waals surface area contributed by atoms with Gasteiger partial charge in [0.2, 0.25) is 0 Å². The third-order valence-electron chi connectivity index (χ3n) is 2.05. The summed E-state index contributed by atoms with van der Waals surface area (Å²) in [6.45, 7) is 0.889. The molecule has 68 valence electrons. The summed E-state index contributed by atoms with van der Waals surface area (Å²) in [5, 5.41) is 7.55. The highest BCUT2D eigenvalue weighted by Gasteiger charge is 1.96. The molecule has 13 heavy (non-hydrogen) atoms. The fourth-order valence-electron chi connectivity index (χ4n) is 1.24. The second kappa shape index (κ2) is 3.66. The lowest BCUT2D eigenvalue weighted by molar-refractivity contribution is 0.843. The van der Waals surface area contributed by atoms with E-state index in [1.807, 2.05) is 0 Å². The molecule has 0 saturated heterocycles. The van der Waals surface area contributed by atoms with Gasteiger partial charge in [0.1, 0.15) is 0 Å². The molecule has 1 N–H and O–H groups in total. The average molecular weight is 192 g/mol. The van der Waals surface area contributed by atoms with Gasteiger partial charge in [-0.05, 0) is 23.6 Å². The predicted molar refractivity (Wildman–Crippen MR) is 57.1 cm³/mol. The van der Waals surface area contributed by atoms with Crippen molar-refractivity contribution >= 4 is 17.0 Å². The number of aryl methyl sites for hydroxylation is 1. The molecule has 2 nitrogen and oxygen atoms in total. The minimum Gasteiger partial charge on any atom is -0.379 e. The van der Waals surface area contributed by atoms with Gasteiger partial charge in [-0.1, -0.05) is 0 Å². The Morgan fingerprint density at radius 1 is 1.46 bits per heavy atom. The zero-order valence-corrected chi connectivity index (χ0v) is 8.34. The summed E-state index contributed by atoms with van der Waals surface area (Å²) in [6.07, 6.45) is 2.06. The monoisotopic (exact) mass is 192 g/mol. The average Bonchev–Trinajstić information content (AvgIpc) is 2.72. The normalized spacial score (nSPS) is 10.2. The molecule has 0 unspecified atom stereocenters. The molecule has 0 radical (unpaired) electrons. The molecular formula is C10H12N2S. The van der Waals surface area contributed by atoms with Gasteiger partial charge in [-0.25, -0.2) is 0 Å². The largest absolute Gasteiger partial charge is 0.379 e. The van der Waals surface area contributed by atoms with Gasteiger partial charge in [-0.3, -0.25) is 0 Å². The summed E-state index contributed by atoms with van der Waals surface area (Å²) in [5.74, 6) is 0. The van der Waals surface area contributed by atoms with Gasteiger partial charge >= 0.3 is 0 Å². The van der Waals surface area contributed by atoms with Crippen LogP contribution < -0.4 is 5.32 Å². The van der Waals surface area contributed by atoms with E-state index < -0.39 is 0 Å². The summed E-state index contributed by atoms with van der Waals surface area (Å²) in [7, 11) is 2.06. The Morgan fingerprint density at radius 3 is 3.00 bits per heavy atom. The highest BCUT2D eigenvalue weighted by molar-refractivity contribution is 7.08. The van der Waals surface area contributed by atoms with E-state index in [0.29, 0.717) is 0 Å². The van der Waals surface area contributed by atoms with Crippen LogP contribution >= 0.6 is 11.3 Å². The first-order chi connectivity index (χ1) is 6.36. The quantitative estimate of drug-likeness (QED) is 0.791. The Morgan fingerprint density at radius 2 is 2.38 bits per heavy atom. The van der Waals surface area contributed by atoms with Crippen LogP contribution in [0, 0.1) is 0 Å². The number of hydrogen-bond acceptors (Lipinski definition) is 2. The maximum absolute atomic E-state index is 3.36. The van der Waals surface area contributed by atoms with E-state index in [0.717, 1.165) is 6.54 Å². The van der Waals surface area contributed by atoms with Crippen molar-refractivity contribution in [3.05, 3.63) is 40.8 Å². The number of nitrogens with zero attached hydrogens (tertiary/aromatic N) is 1. The van der Waals surface area contributed by atoms with E-state index in [1.165, 1.54) is 11.4 Å². The van der Waals surface area contributed by atoms with E-state index in [-0.39, 0.29) is 0 Å². The van der Waals surface area contributed by atoms with Crippen LogP contribution in [0.4, 0.5) is 5.69 Å². The van der Waals surface area contributed by atoms with Gasteiger partial charge in [0.05, 0.1) is 6.54 Å². The molecule has 0 aliphatic heterocycles. The summed E-state index contributed by atoms with van der Waals surface area (Å²) in [4.78, 5) is 0. The summed E-state index contributed by atoms with van der Waals surface area (Å²) < 4.78 is 2.12. The van der Waals surface area contributed by atoms with Crippen molar-refractivity contribution in [1.29, 1.82) is 0 Å². The summed E-state index contributed by atoms with van der Waals surface area (Å²) in [6, 6.07) is 6.28. The lowest BCUT2D eigenvalue weighted by Crippen LogP contribution is -2.02. The number of hydrogen-bond donors (Lipinski definition) is 1. The SMILES string of the molecule is Cn1cccc1CNc1ccsc1. The first-order valence-electron chi connectivity index (χ1n) is 4.22. The van der Waals surface area contributed by atoms with Crippen molar-refractivity contribution in [2.24, 2.45) is 7.05 Å². The van der Waals surface area contributed by atoms with Gasteiger partial charge < -0.3 is 9.88 Å². The molecule has 2 aromatic rings. The molecule has 0 spiro atoms. The molecule has 0 fully saturated rings. The molecular weight excluding hydrogens is 180 g/mol. The van der Waals surface area contributed by atoms with Crippen molar-refractivity contribution in [2.75, 3.05) is 5.32 Å². The number of thiophene rings is 1. The smallest absolute Gasteiger partial charge is 0.0553 e. The minimum atomic E-state index is 0.889. The van der Waals surface area contributed by atoms with Gasteiger partial charge in [-0.2, -0.15) is 11.3 Å². The first-order valence-corrected chi connectivity index (χ1v) is 5.17. The van der Waals surface area contributed by atoms with E-state index in [4.69, 9.17) is 0 Å². The Hall–Kier alpha value is -1.22. The van der Waals surface area contributed by atoms with E-state index in [9.17, 15) is 0 Å². The highest BCUT2D eigenvalue weighted by Crippen LogP contribution is 2.13. The Labute approximate surface area is 81.8 Å². The fraction of sp³-hybridized carbons (Fsp3) is 0.200. The minimum absolute atomic E-state index is 0.889. The maximum atomic E-state index is 3.36. The van der Waals surface area contributed by atoms with Crippen molar-refractivity contribution in [1.82, 2.24) is 4.57 Å². The molecule has 0 aliphatic carbocycles. The Kier molecular flexibility index (Phi) is 2.36. The third-order valence-corrected chi connectivity index (χ3v) is 2.73. The zero-order valence-electron chi connectivity index (χ0n) is 7.53. The molecule has 3 heteroatoms. The molecule has 0 aliphatic rings. The number of anilines is 1. The van der Waals surface area contributed by atoms with Crippen LogP contribution in [-0.2, 0) is 13.6 Å². The fourth-order valence-corrected chi connectivity index (χ4v) is 1.85. The first kappa shape index (κ1) is 8.38. The molecule has 0 aromatic carbocycles. The molecule has 0 atom stereocenters. The van der Waals surface area contributed by atoms with Crippen molar-refractivity contribution in [2.45, 2.75) is 6.54 Å². The summed E-state index contributed by atoms with van der Waals surface area (Å²) in [5.41, 5.74) is 2.50. The van der Waals surface area contributed by atoms with E-state index in [2.05, 4.69) is 52.1 Å². The second-order valence-corrected chi connectivity index (χ2v) is 3.76. The van der Waals surface area contributed by atoms with Crippen LogP contribution in [0.25, 0.3) is 0 Å². The van der Waals surface area contributed by atoms with Crippen molar-refractivity contribution in [3.63, 3.8) is 0 Å². The zero-order chi connectivity index (χ0) is 9.10. The van der Waals surface area contributed by atoms with Crippen LogP contribution in [0.2, 0.25) is 0 Å². The van der Waals surface area contributed by atoms with Crippen LogP contribution in [0.5, 0.6) is 0 Å². The molecule has 2 heterocycles.